The molecule has 0 amide bonds. The van der Waals surface area contributed by atoms with E-state index in [0.29, 0.717) is 11.4 Å². The molecule has 2 aromatic carbocycles. The molecule has 0 atom stereocenters. The lowest BCUT2D eigenvalue weighted by Crippen LogP contribution is -2.13. The fourth-order valence-corrected chi connectivity index (χ4v) is 2.24. The molecule has 0 fully saturated rings. The molecule has 0 bridgehead atoms. The quantitative estimate of drug-likeness (QED) is 0.673. The van der Waals surface area contributed by atoms with E-state index in [0.717, 1.165) is 12.1 Å². The molecule has 0 aliphatic heterocycles. The number of aryl methyl sites for hydroxylation is 1. The number of alkyl halides is 3. The fourth-order valence-electron chi connectivity index (χ4n) is 2.24. The van der Waals surface area contributed by atoms with Gasteiger partial charge in [0, 0.05) is 0 Å². The molecule has 0 spiro atoms. The summed E-state index contributed by atoms with van der Waals surface area (Å²) in [4.78, 5) is 12.4. The van der Waals surface area contributed by atoms with Gasteiger partial charge in [-0.25, -0.2) is 4.68 Å². The minimum absolute atomic E-state index is 0.101. The Balaban J connectivity index is 1.90. The number of halogens is 3. The van der Waals surface area contributed by atoms with Crippen LogP contribution in [-0.2, 0) is 6.18 Å². The van der Waals surface area contributed by atoms with Gasteiger partial charge >= 0.3 is 6.18 Å². The number of aromatic amines is 1. The summed E-state index contributed by atoms with van der Waals surface area (Å²) >= 11 is 0. The Kier molecular flexibility index (Phi) is 4.26. The highest BCUT2D eigenvalue weighted by Crippen LogP contribution is 2.30. The summed E-state index contributed by atoms with van der Waals surface area (Å²) in [6.45, 7) is 1.67. The molecule has 5 nitrogen and oxygen atoms in total. The van der Waals surface area contributed by atoms with Crippen molar-refractivity contribution in [2.24, 2.45) is 10.2 Å². The minimum atomic E-state index is -4.41. The van der Waals surface area contributed by atoms with Gasteiger partial charge in [0.2, 0.25) is 0 Å². The average Bonchev–Trinajstić information content (AvgIpc) is 2.88. The number of para-hydroxylation sites is 1. The van der Waals surface area contributed by atoms with Gasteiger partial charge in [0.05, 0.1) is 22.6 Å². The Morgan fingerprint density at radius 1 is 0.960 bits per heavy atom. The van der Waals surface area contributed by atoms with Crippen molar-refractivity contribution in [3.8, 4) is 5.69 Å². The molecule has 0 radical (unpaired) electrons. The average molecular weight is 346 g/mol. The zero-order valence-electron chi connectivity index (χ0n) is 13.1. The highest BCUT2D eigenvalue weighted by atomic mass is 19.4. The van der Waals surface area contributed by atoms with Crippen LogP contribution in [0, 0.1) is 6.92 Å². The SMILES string of the molecule is Cc1[nH]n(-c2ccccc2)c(=O)c1N=Nc1ccc(C(F)(F)F)cc1. The van der Waals surface area contributed by atoms with Crippen LogP contribution in [0.4, 0.5) is 24.5 Å². The van der Waals surface area contributed by atoms with Crippen molar-refractivity contribution in [1.82, 2.24) is 9.78 Å². The number of azo groups is 1. The van der Waals surface area contributed by atoms with Crippen molar-refractivity contribution in [3.05, 3.63) is 76.2 Å². The van der Waals surface area contributed by atoms with Crippen molar-refractivity contribution in [3.63, 3.8) is 0 Å². The van der Waals surface area contributed by atoms with Crippen LogP contribution in [-0.4, -0.2) is 9.78 Å². The van der Waals surface area contributed by atoms with E-state index >= 15 is 0 Å². The zero-order chi connectivity index (χ0) is 18.0. The predicted octanol–water partition coefficient (Wildman–Crippen LogP) is 4.91. The third-order valence-electron chi connectivity index (χ3n) is 3.51. The molecule has 0 saturated carbocycles. The number of rotatable bonds is 3. The molecule has 0 aliphatic carbocycles. The Bertz CT molecular complexity index is 954. The van der Waals surface area contributed by atoms with E-state index in [9.17, 15) is 18.0 Å². The number of nitrogens with zero attached hydrogens (tertiary/aromatic N) is 3. The Labute approximate surface area is 140 Å². The van der Waals surface area contributed by atoms with Crippen LogP contribution in [0.5, 0.6) is 0 Å². The standard InChI is InChI=1S/C17H13F3N4O/c1-11-15(16(25)24(23-11)14-5-3-2-4-6-14)22-21-13-9-7-12(8-10-13)17(18,19)20/h2-10,23H,1H3. The smallest absolute Gasteiger partial charge is 0.293 e. The highest BCUT2D eigenvalue weighted by Gasteiger charge is 2.29. The van der Waals surface area contributed by atoms with E-state index < -0.39 is 11.7 Å². The van der Waals surface area contributed by atoms with Gasteiger partial charge < -0.3 is 0 Å². The van der Waals surface area contributed by atoms with E-state index in [2.05, 4.69) is 15.3 Å². The summed E-state index contributed by atoms with van der Waals surface area (Å²) in [5.74, 6) is 0. The van der Waals surface area contributed by atoms with Crippen LogP contribution < -0.4 is 5.56 Å². The zero-order valence-corrected chi connectivity index (χ0v) is 13.1. The topological polar surface area (TPSA) is 62.5 Å². The Morgan fingerprint density at radius 2 is 1.60 bits per heavy atom. The largest absolute Gasteiger partial charge is 0.416 e. The van der Waals surface area contributed by atoms with Crippen LogP contribution in [0.15, 0.2) is 69.6 Å². The van der Waals surface area contributed by atoms with Crippen LogP contribution >= 0.6 is 0 Å². The monoisotopic (exact) mass is 346 g/mol. The van der Waals surface area contributed by atoms with Gasteiger partial charge in [0.1, 0.15) is 0 Å². The molecule has 1 N–H and O–H groups in total. The van der Waals surface area contributed by atoms with Gasteiger partial charge in [-0.3, -0.25) is 9.89 Å². The van der Waals surface area contributed by atoms with Crippen molar-refractivity contribution >= 4 is 11.4 Å². The minimum Gasteiger partial charge on any atom is -0.293 e. The first kappa shape index (κ1) is 16.7. The summed E-state index contributed by atoms with van der Waals surface area (Å²) in [7, 11) is 0. The first-order valence-electron chi connectivity index (χ1n) is 7.32. The normalized spacial score (nSPS) is 12.0. The van der Waals surface area contributed by atoms with Crippen LogP contribution in [0.25, 0.3) is 5.69 Å². The third-order valence-corrected chi connectivity index (χ3v) is 3.51. The molecule has 3 rings (SSSR count). The molecule has 25 heavy (non-hydrogen) atoms. The van der Waals surface area contributed by atoms with Crippen molar-refractivity contribution < 1.29 is 13.2 Å². The lowest BCUT2D eigenvalue weighted by molar-refractivity contribution is -0.137. The number of hydrogen-bond donors (Lipinski definition) is 1. The summed E-state index contributed by atoms with van der Waals surface area (Å²) in [5.41, 5.74) is 0.314. The Hall–Kier alpha value is -3.16. The second-order valence-corrected chi connectivity index (χ2v) is 5.31. The number of H-pyrrole nitrogens is 1. The lowest BCUT2D eigenvalue weighted by atomic mass is 10.2. The maximum Gasteiger partial charge on any atom is 0.416 e. The van der Waals surface area contributed by atoms with Crippen molar-refractivity contribution in [2.75, 3.05) is 0 Å². The number of benzene rings is 2. The number of hydrogen-bond acceptors (Lipinski definition) is 3. The van der Waals surface area contributed by atoms with Gasteiger partial charge in [-0.1, -0.05) is 18.2 Å². The van der Waals surface area contributed by atoms with Gasteiger partial charge in [-0.15, -0.1) is 5.11 Å². The summed E-state index contributed by atoms with van der Waals surface area (Å²) in [6, 6.07) is 13.2. The summed E-state index contributed by atoms with van der Waals surface area (Å²) in [5, 5.41) is 10.6. The predicted molar refractivity (Wildman–Crippen MR) is 86.7 cm³/mol. The first-order valence-corrected chi connectivity index (χ1v) is 7.32. The van der Waals surface area contributed by atoms with Crippen LogP contribution in [0.3, 0.4) is 0 Å². The molecule has 8 heteroatoms. The van der Waals surface area contributed by atoms with Gasteiger partial charge in [-0.2, -0.15) is 18.3 Å². The molecular formula is C17H13F3N4O. The maximum atomic E-state index is 12.5. The maximum absolute atomic E-state index is 12.5. The van der Waals surface area contributed by atoms with Crippen LogP contribution in [0.1, 0.15) is 11.3 Å². The van der Waals surface area contributed by atoms with Gasteiger partial charge in [-0.05, 0) is 43.3 Å². The Morgan fingerprint density at radius 3 is 2.20 bits per heavy atom. The fraction of sp³-hybridized carbons (Fsp3) is 0.118. The summed E-state index contributed by atoms with van der Waals surface area (Å²) in [6.07, 6.45) is -4.41. The lowest BCUT2D eigenvalue weighted by Gasteiger charge is -2.05. The summed E-state index contributed by atoms with van der Waals surface area (Å²) < 4.78 is 38.9. The van der Waals surface area contributed by atoms with E-state index in [1.807, 2.05) is 6.07 Å². The van der Waals surface area contributed by atoms with E-state index in [4.69, 9.17) is 0 Å². The molecular weight excluding hydrogens is 333 g/mol. The second kappa shape index (κ2) is 6.39. The van der Waals surface area contributed by atoms with Gasteiger partial charge in [0.25, 0.3) is 5.56 Å². The molecule has 128 valence electrons. The van der Waals surface area contributed by atoms with E-state index in [1.165, 1.54) is 16.8 Å². The van der Waals surface area contributed by atoms with E-state index in [-0.39, 0.29) is 16.9 Å². The molecule has 1 heterocycles. The molecule has 0 unspecified atom stereocenters. The third kappa shape index (κ3) is 3.52. The molecule has 3 aromatic rings. The molecule has 0 saturated heterocycles. The number of nitrogens with one attached hydrogen (secondary N) is 1. The van der Waals surface area contributed by atoms with Crippen LogP contribution in [0.2, 0.25) is 0 Å². The van der Waals surface area contributed by atoms with Gasteiger partial charge in [0.15, 0.2) is 5.69 Å². The van der Waals surface area contributed by atoms with Crippen molar-refractivity contribution in [2.45, 2.75) is 13.1 Å². The highest BCUT2D eigenvalue weighted by molar-refractivity contribution is 5.45. The first-order chi connectivity index (χ1) is 11.9. The molecule has 1 aromatic heterocycles. The van der Waals surface area contributed by atoms with Crippen molar-refractivity contribution in [1.29, 1.82) is 0 Å². The van der Waals surface area contributed by atoms with E-state index in [1.54, 1.807) is 31.2 Å². The number of aromatic nitrogens is 2. The second-order valence-electron chi connectivity index (χ2n) is 5.31. The molecule has 0 aliphatic rings.